The molecular formula is C27H35N5O2. The molecule has 1 fully saturated rings. The van der Waals surface area contributed by atoms with E-state index in [9.17, 15) is 9.59 Å². The predicted octanol–water partition coefficient (Wildman–Crippen LogP) is 3.60. The topological polar surface area (TPSA) is 73.7 Å². The van der Waals surface area contributed by atoms with Crippen LogP contribution in [0.25, 0.3) is 5.65 Å². The van der Waals surface area contributed by atoms with E-state index in [0.29, 0.717) is 35.8 Å². The molecule has 1 unspecified atom stereocenters. The van der Waals surface area contributed by atoms with Gasteiger partial charge in [-0.3, -0.25) is 19.6 Å². The van der Waals surface area contributed by atoms with E-state index >= 15 is 0 Å². The van der Waals surface area contributed by atoms with Crippen LogP contribution in [0.3, 0.4) is 0 Å². The van der Waals surface area contributed by atoms with Crippen molar-refractivity contribution in [3.63, 3.8) is 0 Å². The minimum atomic E-state index is -0.111. The van der Waals surface area contributed by atoms with Crippen LogP contribution in [0.4, 0.5) is 0 Å². The second-order valence-corrected chi connectivity index (χ2v) is 9.51. The Morgan fingerprint density at radius 2 is 2.15 bits per heavy atom. The van der Waals surface area contributed by atoms with Crippen molar-refractivity contribution in [3.05, 3.63) is 81.4 Å². The van der Waals surface area contributed by atoms with E-state index in [4.69, 9.17) is 0 Å². The predicted molar refractivity (Wildman–Crippen MR) is 135 cm³/mol. The number of benzene rings is 1. The number of fused-ring (bicyclic) bond motifs is 1. The van der Waals surface area contributed by atoms with Crippen LogP contribution in [-0.2, 0) is 17.8 Å². The van der Waals surface area contributed by atoms with Gasteiger partial charge in [-0.25, -0.2) is 9.50 Å². The lowest BCUT2D eigenvalue weighted by Gasteiger charge is -2.32. The number of likely N-dealkylation sites (N-methyl/N-ethyl adjacent to an activating group) is 1. The Morgan fingerprint density at radius 1 is 1.32 bits per heavy atom. The summed E-state index contributed by atoms with van der Waals surface area (Å²) in [5.41, 5.74) is 5.50. The van der Waals surface area contributed by atoms with Gasteiger partial charge in [-0.1, -0.05) is 35.9 Å². The van der Waals surface area contributed by atoms with Gasteiger partial charge in [0.05, 0.1) is 0 Å². The molecule has 180 valence electrons. The standard InChI is InChI=1S/C27H35N5O2/c1-5-13-30(4)26(33)12-11-23-20(3)28-25-16-24(29-32(25)27(23)34)22-10-7-14-31(18-22)17-21-9-6-8-19(2)15-21/h5-6,8-9,15-16,22,29H,1,7,10-14,17-18H2,2-4H3. The monoisotopic (exact) mass is 461 g/mol. The third-order valence-electron chi connectivity index (χ3n) is 6.79. The van der Waals surface area contributed by atoms with E-state index in [0.717, 1.165) is 38.2 Å². The maximum absolute atomic E-state index is 13.2. The molecule has 34 heavy (non-hydrogen) atoms. The number of piperidine rings is 1. The first kappa shape index (κ1) is 24.0. The van der Waals surface area contributed by atoms with Crippen LogP contribution in [0.5, 0.6) is 0 Å². The van der Waals surface area contributed by atoms with Crippen LogP contribution in [0.1, 0.15) is 53.3 Å². The zero-order chi connectivity index (χ0) is 24.2. The SMILES string of the molecule is C=CCN(C)C(=O)CCc1c(C)nc2cc(C3CCCN(Cc4cccc(C)c4)C3)[nH]n2c1=O. The Hall–Kier alpha value is -3.19. The summed E-state index contributed by atoms with van der Waals surface area (Å²) in [5.74, 6) is 0.324. The highest BCUT2D eigenvalue weighted by atomic mass is 16.2. The molecule has 0 spiro atoms. The molecule has 3 heterocycles. The van der Waals surface area contributed by atoms with Crippen molar-refractivity contribution < 1.29 is 4.79 Å². The van der Waals surface area contributed by atoms with E-state index in [1.807, 2.05) is 13.0 Å². The third-order valence-corrected chi connectivity index (χ3v) is 6.79. The fourth-order valence-electron chi connectivity index (χ4n) is 4.93. The van der Waals surface area contributed by atoms with E-state index in [2.05, 4.69) is 52.8 Å². The number of rotatable bonds is 8. The Morgan fingerprint density at radius 3 is 2.91 bits per heavy atom. The molecule has 4 rings (SSSR count). The lowest BCUT2D eigenvalue weighted by atomic mass is 9.94. The molecule has 1 atom stereocenters. The van der Waals surface area contributed by atoms with Crippen LogP contribution in [0.15, 0.2) is 47.8 Å². The molecule has 1 aromatic carbocycles. The van der Waals surface area contributed by atoms with E-state index in [1.54, 1.807) is 22.5 Å². The first-order chi connectivity index (χ1) is 16.4. The van der Waals surface area contributed by atoms with Gasteiger partial charge in [0.1, 0.15) is 0 Å². The van der Waals surface area contributed by atoms with Gasteiger partial charge in [-0.05, 0) is 45.2 Å². The number of aromatic amines is 1. The molecule has 0 radical (unpaired) electrons. The van der Waals surface area contributed by atoms with Crippen molar-refractivity contribution in [2.45, 2.75) is 52.0 Å². The Kier molecular flexibility index (Phi) is 7.32. The average molecular weight is 462 g/mol. The number of aryl methyl sites for hydroxylation is 2. The highest BCUT2D eigenvalue weighted by Crippen LogP contribution is 2.27. The second kappa shape index (κ2) is 10.4. The van der Waals surface area contributed by atoms with E-state index in [1.165, 1.54) is 11.1 Å². The van der Waals surface area contributed by atoms with Crippen LogP contribution < -0.4 is 5.56 Å². The maximum Gasteiger partial charge on any atom is 0.276 e. The average Bonchev–Trinajstić information content (AvgIpc) is 3.23. The molecule has 1 aliphatic heterocycles. The highest BCUT2D eigenvalue weighted by Gasteiger charge is 2.24. The summed E-state index contributed by atoms with van der Waals surface area (Å²) in [6.07, 6.45) is 4.56. The molecule has 7 heteroatoms. The summed E-state index contributed by atoms with van der Waals surface area (Å²) in [6.45, 7) is 11.1. The first-order valence-corrected chi connectivity index (χ1v) is 12.1. The summed E-state index contributed by atoms with van der Waals surface area (Å²) in [5, 5.41) is 3.33. The number of hydrogen-bond acceptors (Lipinski definition) is 4. The highest BCUT2D eigenvalue weighted by molar-refractivity contribution is 5.76. The lowest BCUT2D eigenvalue weighted by Crippen LogP contribution is -2.34. The Balaban J connectivity index is 1.50. The van der Waals surface area contributed by atoms with Gasteiger partial charge >= 0.3 is 0 Å². The van der Waals surface area contributed by atoms with Crippen molar-refractivity contribution in [2.24, 2.45) is 0 Å². The maximum atomic E-state index is 13.2. The zero-order valence-electron chi connectivity index (χ0n) is 20.5. The van der Waals surface area contributed by atoms with Crippen LogP contribution in [-0.4, -0.2) is 57.0 Å². The number of hydrogen-bond donors (Lipinski definition) is 1. The summed E-state index contributed by atoms with van der Waals surface area (Å²) in [6, 6.07) is 10.7. The number of aromatic nitrogens is 3. The Labute approximate surface area is 201 Å². The van der Waals surface area contributed by atoms with Gasteiger partial charge in [-0.15, -0.1) is 6.58 Å². The quantitative estimate of drug-likeness (QED) is 0.520. The van der Waals surface area contributed by atoms with Gasteiger partial charge < -0.3 is 4.90 Å². The van der Waals surface area contributed by atoms with Crippen molar-refractivity contribution in [2.75, 3.05) is 26.7 Å². The van der Waals surface area contributed by atoms with Crippen molar-refractivity contribution >= 4 is 11.6 Å². The second-order valence-electron chi connectivity index (χ2n) is 9.51. The molecule has 1 aliphatic rings. The summed E-state index contributed by atoms with van der Waals surface area (Å²) >= 11 is 0. The van der Waals surface area contributed by atoms with E-state index in [-0.39, 0.29) is 17.9 Å². The first-order valence-electron chi connectivity index (χ1n) is 12.1. The number of H-pyrrole nitrogens is 1. The molecule has 1 amide bonds. The largest absolute Gasteiger partial charge is 0.342 e. The van der Waals surface area contributed by atoms with Crippen LogP contribution in [0, 0.1) is 13.8 Å². The molecule has 0 aliphatic carbocycles. The molecule has 2 aromatic heterocycles. The molecule has 7 nitrogen and oxygen atoms in total. The zero-order valence-corrected chi connectivity index (χ0v) is 20.5. The number of likely N-dealkylation sites (tertiary alicyclic amines) is 1. The lowest BCUT2D eigenvalue weighted by molar-refractivity contribution is -0.129. The smallest absolute Gasteiger partial charge is 0.276 e. The van der Waals surface area contributed by atoms with Crippen molar-refractivity contribution in [1.29, 1.82) is 0 Å². The van der Waals surface area contributed by atoms with Crippen molar-refractivity contribution in [1.82, 2.24) is 24.4 Å². The minimum absolute atomic E-state index is 0.00752. The van der Waals surface area contributed by atoms with Gasteiger partial charge in [0.2, 0.25) is 5.91 Å². The molecule has 0 bridgehead atoms. The third kappa shape index (κ3) is 5.30. The number of nitrogens with zero attached hydrogens (tertiary/aromatic N) is 4. The van der Waals surface area contributed by atoms with Gasteiger partial charge in [0.15, 0.2) is 5.65 Å². The fraction of sp³-hybridized carbons (Fsp3) is 0.444. The minimum Gasteiger partial charge on any atom is -0.342 e. The van der Waals surface area contributed by atoms with Crippen LogP contribution >= 0.6 is 0 Å². The molecule has 0 saturated carbocycles. The number of carbonyl (C=O) groups is 1. The molecular weight excluding hydrogens is 426 g/mol. The van der Waals surface area contributed by atoms with E-state index < -0.39 is 0 Å². The fourth-order valence-corrected chi connectivity index (χ4v) is 4.93. The Bertz CT molecular complexity index is 1240. The molecule has 3 aromatic rings. The molecule has 1 saturated heterocycles. The summed E-state index contributed by atoms with van der Waals surface area (Å²) < 4.78 is 1.55. The molecule has 1 N–H and O–H groups in total. The number of amides is 1. The van der Waals surface area contributed by atoms with Gasteiger partial charge in [0, 0.05) is 62.0 Å². The van der Waals surface area contributed by atoms with Crippen molar-refractivity contribution in [3.8, 4) is 0 Å². The normalized spacial score (nSPS) is 16.6. The van der Waals surface area contributed by atoms with Crippen LogP contribution in [0.2, 0.25) is 0 Å². The van der Waals surface area contributed by atoms with Gasteiger partial charge in [-0.2, -0.15) is 0 Å². The van der Waals surface area contributed by atoms with Gasteiger partial charge in [0.25, 0.3) is 5.56 Å². The summed E-state index contributed by atoms with van der Waals surface area (Å²) in [7, 11) is 1.74. The number of nitrogens with one attached hydrogen (secondary N) is 1. The number of carbonyl (C=O) groups excluding carboxylic acids is 1. The summed E-state index contributed by atoms with van der Waals surface area (Å²) in [4.78, 5) is 34.3.